The van der Waals surface area contributed by atoms with E-state index in [0.29, 0.717) is 12.4 Å². The van der Waals surface area contributed by atoms with Crippen molar-refractivity contribution in [3.8, 4) is 17.1 Å². The number of amides is 1. The lowest BCUT2D eigenvalue weighted by Gasteiger charge is -2.41. The van der Waals surface area contributed by atoms with E-state index in [0.717, 1.165) is 36.6 Å². The zero-order chi connectivity index (χ0) is 27.1. The first-order valence-corrected chi connectivity index (χ1v) is 13.7. The fraction of sp³-hybridized carbons (Fsp3) is 0.212. The average molecular weight is 532 g/mol. The van der Waals surface area contributed by atoms with E-state index in [9.17, 15) is 4.79 Å². The van der Waals surface area contributed by atoms with E-state index < -0.39 is 0 Å². The monoisotopic (exact) mass is 531 g/mol. The van der Waals surface area contributed by atoms with Gasteiger partial charge in [-0.3, -0.25) is 9.69 Å². The van der Waals surface area contributed by atoms with E-state index in [-0.39, 0.29) is 24.3 Å². The van der Waals surface area contributed by atoms with Crippen molar-refractivity contribution >= 4 is 5.91 Å². The van der Waals surface area contributed by atoms with Crippen molar-refractivity contribution in [1.82, 2.24) is 25.3 Å². The van der Waals surface area contributed by atoms with Crippen molar-refractivity contribution in [3.63, 3.8) is 0 Å². The number of para-hydroxylation sites is 1. The zero-order valence-corrected chi connectivity index (χ0v) is 22.3. The van der Waals surface area contributed by atoms with Gasteiger partial charge in [-0.25, -0.2) is 4.68 Å². The number of rotatable bonds is 9. The summed E-state index contributed by atoms with van der Waals surface area (Å²) in [6, 6.07) is 35.2. The molecule has 3 heterocycles. The van der Waals surface area contributed by atoms with E-state index in [2.05, 4.69) is 81.3 Å². The summed E-state index contributed by atoms with van der Waals surface area (Å²) in [6.07, 6.45) is 3.80. The quantitative estimate of drug-likeness (QED) is 0.284. The number of benzene rings is 3. The second kappa shape index (κ2) is 12.2. The van der Waals surface area contributed by atoms with Gasteiger partial charge in [0.2, 0.25) is 5.91 Å². The maximum absolute atomic E-state index is 13.0. The third-order valence-corrected chi connectivity index (χ3v) is 7.46. The van der Waals surface area contributed by atoms with E-state index in [4.69, 9.17) is 4.42 Å². The summed E-state index contributed by atoms with van der Waals surface area (Å²) in [7, 11) is 0. The summed E-state index contributed by atoms with van der Waals surface area (Å²) in [4.78, 5) is 15.4. The van der Waals surface area contributed by atoms with E-state index >= 15 is 0 Å². The maximum Gasteiger partial charge on any atom is 0.225 e. The van der Waals surface area contributed by atoms with Gasteiger partial charge in [-0.15, -0.1) is 0 Å². The highest BCUT2D eigenvalue weighted by atomic mass is 16.3. The number of hydrogen-bond donors (Lipinski definition) is 2. The fourth-order valence-electron chi connectivity index (χ4n) is 5.47. The molecular weight excluding hydrogens is 498 g/mol. The highest BCUT2D eigenvalue weighted by Gasteiger charge is 2.32. The smallest absolute Gasteiger partial charge is 0.225 e. The minimum absolute atomic E-state index is 0.0320. The van der Waals surface area contributed by atoms with Crippen molar-refractivity contribution in [2.24, 2.45) is 0 Å². The van der Waals surface area contributed by atoms with Crippen molar-refractivity contribution in [3.05, 3.63) is 132 Å². The van der Waals surface area contributed by atoms with Gasteiger partial charge in [0.15, 0.2) is 5.76 Å². The van der Waals surface area contributed by atoms with Crippen LogP contribution in [-0.4, -0.2) is 52.9 Å². The predicted molar refractivity (Wildman–Crippen MR) is 156 cm³/mol. The molecule has 1 atom stereocenters. The van der Waals surface area contributed by atoms with E-state index in [1.807, 2.05) is 53.3 Å². The van der Waals surface area contributed by atoms with Crippen LogP contribution in [0.25, 0.3) is 17.1 Å². The molecule has 2 aromatic heterocycles. The van der Waals surface area contributed by atoms with Crippen LogP contribution in [0.1, 0.15) is 22.6 Å². The lowest BCUT2D eigenvalue weighted by atomic mass is 9.83. The molecule has 0 radical (unpaired) electrons. The number of hydrogen-bond acceptors (Lipinski definition) is 5. The maximum atomic E-state index is 13.0. The number of carbonyl (C=O) groups excluding carboxylic acids is 1. The van der Waals surface area contributed by atoms with Gasteiger partial charge in [0.25, 0.3) is 0 Å². The Morgan fingerprint density at radius 2 is 1.62 bits per heavy atom. The van der Waals surface area contributed by atoms with Crippen LogP contribution < -0.4 is 10.6 Å². The highest BCUT2D eigenvalue weighted by Crippen LogP contribution is 2.31. The van der Waals surface area contributed by atoms with Gasteiger partial charge in [0.1, 0.15) is 5.69 Å². The molecule has 1 aliphatic rings. The number of nitrogens with one attached hydrogen (secondary N) is 2. The van der Waals surface area contributed by atoms with Gasteiger partial charge in [0.05, 0.1) is 25.0 Å². The lowest BCUT2D eigenvalue weighted by molar-refractivity contribution is -0.121. The Bertz CT molecular complexity index is 1470. The molecule has 0 aliphatic carbocycles. The summed E-state index contributed by atoms with van der Waals surface area (Å²) < 4.78 is 7.58. The zero-order valence-electron chi connectivity index (χ0n) is 22.3. The van der Waals surface area contributed by atoms with Crippen LogP contribution in [0.5, 0.6) is 0 Å². The number of nitrogens with zero attached hydrogens (tertiary/aromatic N) is 3. The molecule has 3 aromatic carbocycles. The number of furan rings is 1. The number of aromatic nitrogens is 2. The molecular formula is C33H33N5O2. The molecule has 7 nitrogen and oxygen atoms in total. The first-order chi connectivity index (χ1) is 19.7. The molecule has 1 aliphatic heterocycles. The first kappa shape index (κ1) is 25.8. The van der Waals surface area contributed by atoms with Gasteiger partial charge >= 0.3 is 0 Å². The van der Waals surface area contributed by atoms with Crippen LogP contribution in [0.15, 0.2) is 120 Å². The van der Waals surface area contributed by atoms with Crippen LogP contribution in [-0.2, 0) is 11.2 Å². The molecule has 0 spiro atoms. The molecule has 5 aromatic rings. The van der Waals surface area contributed by atoms with Gasteiger partial charge in [-0.1, -0.05) is 78.9 Å². The summed E-state index contributed by atoms with van der Waals surface area (Å²) in [6.45, 7) is 3.10. The van der Waals surface area contributed by atoms with Gasteiger partial charge in [0, 0.05) is 43.4 Å². The van der Waals surface area contributed by atoms with Crippen molar-refractivity contribution < 1.29 is 9.21 Å². The molecule has 1 amide bonds. The van der Waals surface area contributed by atoms with Crippen LogP contribution in [0, 0.1) is 0 Å². The number of piperazine rings is 1. The molecule has 2 N–H and O–H groups in total. The minimum Gasteiger partial charge on any atom is -0.462 e. The lowest BCUT2D eigenvalue weighted by Crippen LogP contribution is -2.56. The molecule has 0 saturated carbocycles. The molecule has 1 fully saturated rings. The molecule has 40 heavy (non-hydrogen) atoms. The van der Waals surface area contributed by atoms with Gasteiger partial charge in [-0.05, 0) is 35.4 Å². The average Bonchev–Trinajstić information content (AvgIpc) is 3.69. The number of carbonyl (C=O) groups is 1. The third kappa shape index (κ3) is 5.91. The Balaban J connectivity index is 1.11. The van der Waals surface area contributed by atoms with Crippen LogP contribution in [0.3, 0.4) is 0 Å². The van der Waals surface area contributed by atoms with E-state index in [1.54, 1.807) is 6.26 Å². The molecule has 7 heteroatoms. The van der Waals surface area contributed by atoms with Crippen LogP contribution in [0.2, 0.25) is 0 Å². The van der Waals surface area contributed by atoms with E-state index in [1.165, 1.54) is 11.1 Å². The second-order valence-electron chi connectivity index (χ2n) is 10.1. The SMILES string of the molecule is O=C(Cc1coc(-c2ccn(-c3ccccc3)n2)c1)NCN1CCNCC1C(c1ccccc1)c1ccccc1. The predicted octanol–water partition coefficient (Wildman–Crippen LogP) is 4.85. The summed E-state index contributed by atoms with van der Waals surface area (Å²) in [5.41, 5.74) is 5.09. The molecule has 1 unspecified atom stereocenters. The van der Waals surface area contributed by atoms with Gasteiger partial charge in [-0.2, -0.15) is 5.10 Å². The van der Waals surface area contributed by atoms with Crippen molar-refractivity contribution in [1.29, 1.82) is 0 Å². The van der Waals surface area contributed by atoms with Crippen molar-refractivity contribution in [2.45, 2.75) is 18.4 Å². The molecule has 202 valence electrons. The Morgan fingerprint density at radius 1 is 0.950 bits per heavy atom. The Kier molecular flexibility index (Phi) is 7.84. The molecule has 1 saturated heterocycles. The third-order valence-electron chi connectivity index (χ3n) is 7.46. The first-order valence-electron chi connectivity index (χ1n) is 13.7. The van der Waals surface area contributed by atoms with Crippen LogP contribution >= 0.6 is 0 Å². The standard InChI is InChI=1S/C33H33N5O2/c39-32(21-25-20-31(40-23-25)29-16-18-38(36-29)28-14-8-3-9-15-28)35-24-37-19-17-34-22-30(37)33(26-10-4-1-5-11-26)27-12-6-2-7-13-27/h1-16,18,20,23,30,33-34H,17,19,21-22,24H2,(H,35,39). The Labute approximate surface area is 234 Å². The Hall–Kier alpha value is -4.46. The summed E-state index contributed by atoms with van der Waals surface area (Å²) in [5, 5.41) is 11.4. The normalized spacial score (nSPS) is 15.8. The second-order valence-corrected chi connectivity index (χ2v) is 10.1. The Morgan fingerprint density at radius 3 is 2.33 bits per heavy atom. The van der Waals surface area contributed by atoms with Crippen molar-refractivity contribution in [2.75, 3.05) is 26.3 Å². The van der Waals surface area contributed by atoms with Gasteiger partial charge < -0.3 is 15.1 Å². The fourth-order valence-corrected chi connectivity index (χ4v) is 5.47. The topological polar surface area (TPSA) is 75.3 Å². The minimum atomic E-state index is -0.0320. The largest absolute Gasteiger partial charge is 0.462 e. The summed E-state index contributed by atoms with van der Waals surface area (Å²) >= 11 is 0. The highest BCUT2D eigenvalue weighted by molar-refractivity contribution is 5.78. The van der Waals surface area contributed by atoms with Crippen LogP contribution in [0.4, 0.5) is 0 Å². The summed E-state index contributed by atoms with van der Waals surface area (Å²) in [5.74, 6) is 0.808. The molecule has 0 bridgehead atoms. The molecule has 6 rings (SSSR count).